The quantitative estimate of drug-likeness (QED) is 0.262. The smallest absolute Gasteiger partial charge is 0.449 e. The second-order valence-corrected chi connectivity index (χ2v) is 10.7. The largest absolute Gasteiger partial charge is 0.511 e. The maximum atomic E-state index is 14.3. The van der Waals surface area contributed by atoms with Crippen LogP contribution in [0.5, 0.6) is 5.75 Å². The fourth-order valence-electron chi connectivity index (χ4n) is 5.73. The molecule has 8 nitrogen and oxygen atoms in total. The Balaban J connectivity index is 1.49. The summed E-state index contributed by atoms with van der Waals surface area (Å²) >= 11 is 12.8. The number of piperidine rings is 1. The Hall–Kier alpha value is -3.49. The van der Waals surface area contributed by atoms with Crippen LogP contribution < -0.4 is 14.5 Å². The monoisotopic (exact) mass is 568 g/mol. The SMILES string of the molecule is CN(C(=O)N(C1CCN(c2ccncc2)CC1)C1CCCc2ccc(OC(=O)O)cc21)c1cc(Cl)ccc1Cl. The van der Waals surface area contributed by atoms with Gasteiger partial charge in [-0.25, -0.2) is 9.59 Å². The van der Waals surface area contributed by atoms with Gasteiger partial charge >= 0.3 is 12.2 Å². The number of carbonyl (C=O) groups is 2. The Morgan fingerprint density at radius 2 is 1.77 bits per heavy atom. The van der Waals surface area contributed by atoms with E-state index in [9.17, 15) is 14.7 Å². The van der Waals surface area contributed by atoms with E-state index < -0.39 is 6.16 Å². The van der Waals surface area contributed by atoms with Crippen molar-refractivity contribution in [2.24, 2.45) is 0 Å². The van der Waals surface area contributed by atoms with Crippen LogP contribution in [0.4, 0.5) is 21.0 Å². The topological polar surface area (TPSA) is 86.2 Å². The molecule has 1 saturated heterocycles. The van der Waals surface area contributed by atoms with Crippen molar-refractivity contribution < 1.29 is 19.4 Å². The highest BCUT2D eigenvalue weighted by Crippen LogP contribution is 2.41. The minimum absolute atomic E-state index is 0.0315. The van der Waals surface area contributed by atoms with Crippen LogP contribution in [0.25, 0.3) is 0 Å². The summed E-state index contributed by atoms with van der Waals surface area (Å²) in [7, 11) is 1.71. The number of amides is 2. The number of nitrogens with zero attached hydrogens (tertiary/aromatic N) is 4. The number of fused-ring (bicyclic) bond motifs is 1. The summed E-state index contributed by atoms with van der Waals surface area (Å²) < 4.78 is 4.98. The van der Waals surface area contributed by atoms with Gasteiger partial charge in [0.25, 0.3) is 0 Å². The summed E-state index contributed by atoms with van der Waals surface area (Å²) in [5.41, 5.74) is 3.67. The van der Waals surface area contributed by atoms with E-state index in [0.717, 1.165) is 62.0 Å². The summed E-state index contributed by atoms with van der Waals surface area (Å²) in [5.74, 6) is 0.249. The zero-order chi connectivity index (χ0) is 27.5. The van der Waals surface area contributed by atoms with Crippen LogP contribution in [0.2, 0.25) is 10.0 Å². The second-order valence-electron chi connectivity index (χ2n) is 9.90. The molecule has 39 heavy (non-hydrogen) atoms. The number of benzene rings is 2. The minimum atomic E-state index is -1.37. The zero-order valence-corrected chi connectivity index (χ0v) is 23.1. The molecule has 0 saturated carbocycles. The Bertz CT molecular complexity index is 1350. The van der Waals surface area contributed by atoms with Gasteiger partial charge in [-0.1, -0.05) is 29.3 Å². The summed E-state index contributed by atoms with van der Waals surface area (Å²) in [4.78, 5) is 35.5. The van der Waals surface area contributed by atoms with Crippen molar-refractivity contribution in [2.45, 2.75) is 44.2 Å². The molecule has 5 rings (SSSR count). The van der Waals surface area contributed by atoms with Crippen molar-refractivity contribution in [2.75, 3.05) is 29.9 Å². The molecule has 10 heteroatoms. The van der Waals surface area contributed by atoms with Gasteiger partial charge in [-0.3, -0.25) is 9.88 Å². The Labute approximate surface area is 237 Å². The van der Waals surface area contributed by atoms with Crippen molar-refractivity contribution in [1.82, 2.24) is 9.88 Å². The average molecular weight is 569 g/mol. The maximum absolute atomic E-state index is 14.3. The molecule has 2 heterocycles. The molecule has 1 aliphatic heterocycles. The second kappa shape index (κ2) is 11.7. The van der Waals surface area contributed by atoms with Gasteiger partial charge in [0, 0.05) is 49.3 Å². The molecule has 0 bridgehead atoms. The number of anilines is 2. The van der Waals surface area contributed by atoms with Crippen molar-refractivity contribution in [3.05, 3.63) is 82.1 Å². The van der Waals surface area contributed by atoms with E-state index in [4.69, 9.17) is 27.9 Å². The Morgan fingerprint density at radius 3 is 2.49 bits per heavy atom. The third-order valence-corrected chi connectivity index (χ3v) is 8.16. The van der Waals surface area contributed by atoms with Gasteiger partial charge in [0.1, 0.15) is 5.75 Å². The number of rotatable bonds is 5. The summed E-state index contributed by atoms with van der Waals surface area (Å²) in [6.45, 7) is 1.59. The number of carboxylic acid groups (broad SMARTS) is 1. The van der Waals surface area contributed by atoms with E-state index >= 15 is 0 Å². The molecule has 1 aliphatic carbocycles. The van der Waals surface area contributed by atoms with Gasteiger partial charge in [-0.2, -0.15) is 0 Å². The highest BCUT2D eigenvalue weighted by Gasteiger charge is 2.38. The number of halogens is 2. The first kappa shape index (κ1) is 27.1. The highest BCUT2D eigenvalue weighted by molar-refractivity contribution is 6.35. The molecule has 2 aromatic carbocycles. The molecule has 1 atom stereocenters. The summed E-state index contributed by atoms with van der Waals surface area (Å²) in [6.07, 6.45) is 6.30. The van der Waals surface area contributed by atoms with Crippen molar-refractivity contribution in [1.29, 1.82) is 0 Å². The van der Waals surface area contributed by atoms with E-state index in [2.05, 4.69) is 9.88 Å². The Morgan fingerprint density at radius 1 is 1.03 bits per heavy atom. The predicted octanol–water partition coefficient (Wildman–Crippen LogP) is 7.05. The molecule has 204 valence electrons. The first-order valence-electron chi connectivity index (χ1n) is 13.0. The molecule has 0 spiro atoms. The van der Waals surface area contributed by atoms with Crippen molar-refractivity contribution >= 4 is 46.8 Å². The van der Waals surface area contributed by atoms with Gasteiger partial charge in [-0.15, -0.1) is 0 Å². The molecule has 1 N–H and O–H groups in total. The lowest BCUT2D eigenvalue weighted by molar-refractivity contribution is 0.126. The first-order valence-corrected chi connectivity index (χ1v) is 13.8. The van der Waals surface area contributed by atoms with Crippen molar-refractivity contribution in [3.63, 3.8) is 0 Å². The van der Waals surface area contributed by atoms with Crippen LogP contribution in [0, 0.1) is 0 Å². The number of hydrogen-bond donors (Lipinski definition) is 1. The van der Waals surface area contributed by atoms with Gasteiger partial charge < -0.3 is 19.6 Å². The molecule has 2 aliphatic rings. The van der Waals surface area contributed by atoms with E-state index in [1.165, 1.54) is 0 Å². The van der Waals surface area contributed by atoms with Crippen LogP contribution in [-0.2, 0) is 6.42 Å². The molecule has 0 radical (unpaired) electrons. The van der Waals surface area contributed by atoms with Gasteiger partial charge in [0.15, 0.2) is 0 Å². The lowest BCUT2D eigenvalue weighted by Crippen LogP contribution is -2.53. The molecule has 1 aromatic heterocycles. The summed E-state index contributed by atoms with van der Waals surface area (Å²) in [6, 6.07) is 14.0. The molecule has 1 fully saturated rings. The average Bonchev–Trinajstić information content (AvgIpc) is 2.95. The number of aryl methyl sites for hydroxylation is 1. The number of pyridine rings is 1. The van der Waals surface area contributed by atoms with Crippen molar-refractivity contribution in [3.8, 4) is 5.75 Å². The van der Waals surface area contributed by atoms with Crippen LogP contribution in [0.15, 0.2) is 60.9 Å². The normalized spacial score (nSPS) is 17.3. The van der Waals surface area contributed by atoms with Gasteiger partial charge in [0.2, 0.25) is 0 Å². The van der Waals surface area contributed by atoms with Gasteiger partial charge in [0.05, 0.1) is 16.8 Å². The number of urea groups is 1. The van der Waals surface area contributed by atoms with E-state index in [1.54, 1.807) is 54.7 Å². The van der Waals surface area contributed by atoms with Crippen LogP contribution in [0.1, 0.15) is 42.9 Å². The van der Waals surface area contributed by atoms with Crippen LogP contribution in [0.3, 0.4) is 0 Å². The first-order chi connectivity index (χ1) is 18.8. The van der Waals surface area contributed by atoms with E-state index in [-0.39, 0.29) is 23.9 Å². The highest BCUT2D eigenvalue weighted by atomic mass is 35.5. The third kappa shape index (κ3) is 5.92. The van der Waals surface area contributed by atoms with E-state index in [1.807, 2.05) is 23.1 Å². The van der Waals surface area contributed by atoms with E-state index in [0.29, 0.717) is 15.7 Å². The van der Waals surface area contributed by atoms with Gasteiger partial charge in [-0.05, 0) is 85.7 Å². The molecule has 3 aromatic rings. The lowest BCUT2D eigenvalue weighted by Gasteiger charge is -2.46. The third-order valence-electron chi connectivity index (χ3n) is 7.60. The maximum Gasteiger partial charge on any atom is 0.511 e. The van der Waals surface area contributed by atoms with Crippen LogP contribution in [-0.4, -0.2) is 53.4 Å². The number of aromatic nitrogens is 1. The number of ether oxygens (including phenoxy) is 1. The predicted molar refractivity (Wildman–Crippen MR) is 152 cm³/mol. The molecule has 2 amide bonds. The fourth-order valence-corrected chi connectivity index (χ4v) is 6.14. The molecule has 1 unspecified atom stereocenters. The minimum Gasteiger partial charge on any atom is -0.449 e. The number of hydrogen-bond acceptors (Lipinski definition) is 5. The fraction of sp³-hybridized carbons (Fsp3) is 0.345. The standard InChI is InChI=1S/C29H30Cl2N4O4/c1-33(27-17-20(30)6-8-25(27)31)28(36)35(22-11-15-34(16-12-22)21-9-13-32-14-10-21)26-4-2-3-19-5-7-23(18-24(19)26)39-29(37)38/h5-10,13-14,17-18,22,26H,2-4,11-12,15-16H2,1H3,(H,37,38). The molecular weight excluding hydrogens is 539 g/mol. The Kier molecular flexibility index (Phi) is 8.14. The zero-order valence-electron chi connectivity index (χ0n) is 21.6. The molecular formula is C29H30Cl2N4O4. The summed E-state index contributed by atoms with van der Waals surface area (Å²) in [5, 5.41) is 10.1. The van der Waals surface area contributed by atoms with Crippen LogP contribution >= 0.6 is 23.2 Å². The number of carbonyl (C=O) groups excluding carboxylic acids is 1. The lowest BCUT2D eigenvalue weighted by atomic mass is 9.85.